The van der Waals surface area contributed by atoms with Crippen LogP contribution in [0.3, 0.4) is 0 Å². The second-order valence-electron chi connectivity index (χ2n) is 5.70. The lowest BCUT2D eigenvalue weighted by Crippen LogP contribution is -2.37. The topological polar surface area (TPSA) is 49.3 Å². The van der Waals surface area contributed by atoms with Gasteiger partial charge in [-0.05, 0) is 30.0 Å². The number of nitrogens with one attached hydrogen (secondary N) is 2. The molecule has 138 valence electrons. The first-order valence-electron chi connectivity index (χ1n) is 7.81. The van der Waals surface area contributed by atoms with E-state index in [-0.39, 0.29) is 24.0 Å². The van der Waals surface area contributed by atoms with Crippen molar-refractivity contribution in [1.29, 1.82) is 0 Å². The lowest BCUT2D eigenvalue weighted by molar-refractivity contribution is 0.579. The third-order valence-corrected chi connectivity index (χ3v) is 4.29. The Hall–Kier alpha value is -1.29. The molecule has 4 nitrogen and oxygen atoms in total. The SMILES string of the molecule is CN=C(NCCc1cc(F)cc(F)c1)NCc1nc(C(C)C)cs1.I. The van der Waals surface area contributed by atoms with Crippen LogP contribution in [0.2, 0.25) is 0 Å². The lowest BCUT2D eigenvalue weighted by Gasteiger charge is -2.11. The molecule has 0 fully saturated rings. The first kappa shape index (κ1) is 21.8. The largest absolute Gasteiger partial charge is 0.356 e. The Kier molecular flexibility index (Phi) is 9.26. The van der Waals surface area contributed by atoms with Crippen LogP contribution in [0, 0.1) is 11.6 Å². The van der Waals surface area contributed by atoms with Gasteiger partial charge in [-0.3, -0.25) is 4.99 Å². The quantitative estimate of drug-likeness (QED) is 0.373. The van der Waals surface area contributed by atoms with Crippen LogP contribution in [-0.4, -0.2) is 24.5 Å². The van der Waals surface area contributed by atoms with Crippen LogP contribution in [0.5, 0.6) is 0 Å². The van der Waals surface area contributed by atoms with Gasteiger partial charge in [0.2, 0.25) is 0 Å². The molecule has 8 heteroatoms. The van der Waals surface area contributed by atoms with Crippen molar-refractivity contribution in [3.05, 3.63) is 51.5 Å². The van der Waals surface area contributed by atoms with Crippen molar-refractivity contribution < 1.29 is 8.78 Å². The van der Waals surface area contributed by atoms with Gasteiger partial charge in [0, 0.05) is 25.0 Å². The van der Waals surface area contributed by atoms with Crippen LogP contribution >= 0.6 is 35.3 Å². The molecule has 0 saturated carbocycles. The van der Waals surface area contributed by atoms with E-state index in [1.165, 1.54) is 12.1 Å². The Morgan fingerprint density at radius 3 is 2.44 bits per heavy atom. The standard InChI is InChI=1S/C17H22F2N4S.HI/c1-11(2)15-10-24-16(23-15)9-22-17(20-3)21-5-4-12-6-13(18)8-14(19)7-12;/h6-8,10-11H,4-5,9H2,1-3H3,(H2,20,21,22);1H. The monoisotopic (exact) mass is 480 g/mol. The van der Waals surface area contributed by atoms with Crippen LogP contribution < -0.4 is 10.6 Å². The average Bonchev–Trinajstić information content (AvgIpc) is 2.99. The van der Waals surface area contributed by atoms with Crippen molar-refractivity contribution in [2.75, 3.05) is 13.6 Å². The molecule has 2 N–H and O–H groups in total. The molecule has 0 aliphatic carbocycles. The number of thiazole rings is 1. The van der Waals surface area contributed by atoms with Crippen molar-refractivity contribution in [3.8, 4) is 0 Å². The summed E-state index contributed by atoms with van der Waals surface area (Å²) in [6.45, 7) is 5.34. The third kappa shape index (κ3) is 7.23. The molecule has 2 aromatic rings. The summed E-state index contributed by atoms with van der Waals surface area (Å²) in [7, 11) is 1.68. The maximum Gasteiger partial charge on any atom is 0.191 e. The summed E-state index contributed by atoms with van der Waals surface area (Å²) in [5, 5.41) is 9.37. The molecular weight excluding hydrogens is 457 g/mol. The number of guanidine groups is 1. The van der Waals surface area contributed by atoms with Gasteiger partial charge in [0.05, 0.1) is 12.2 Å². The normalized spacial score (nSPS) is 11.4. The molecule has 0 amide bonds. The van der Waals surface area contributed by atoms with Crippen LogP contribution in [0.15, 0.2) is 28.6 Å². The fourth-order valence-corrected chi connectivity index (χ4v) is 3.03. The van der Waals surface area contributed by atoms with Crippen LogP contribution in [0.25, 0.3) is 0 Å². The molecule has 25 heavy (non-hydrogen) atoms. The van der Waals surface area contributed by atoms with Crippen molar-refractivity contribution in [3.63, 3.8) is 0 Å². The van der Waals surface area contributed by atoms with E-state index in [2.05, 4.69) is 39.8 Å². The Balaban J connectivity index is 0.00000312. The van der Waals surface area contributed by atoms with E-state index in [1.54, 1.807) is 18.4 Å². The Bertz CT molecular complexity index is 683. The first-order valence-corrected chi connectivity index (χ1v) is 8.69. The average molecular weight is 480 g/mol. The van der Waals surface area contributed by atoms with Crippen molar-refractivity contribution in [2.45, 2.75) is 32.7 Å². The van der Waals surface area contributed by atoms with E-state index >= 15 is 0 Å². The molecule has 2 rings (SSSR count). The number of hydrogen-bond acceptors (Lipinski definition) is 3. The van der Waals surface area contributed by atoms with Crippen LogP contribution in [-0.2, 0) is 13.0 Å². The summed E-state index contributed by atoms with van der Waals surface area (Å²) < 4.78 is 26.3. The summed E-state index contributed by atoms with van der Waals surface area (Å²) in [4.78, 5) is 8.69. The van der Waals surface area contributed by atoms with E-state index in [4.69, 9.17) is 0 Å². The molecule has 0 aliphatic rings. The van der Waals surface area contributed by atoms with Crippen molar-refractivity contribution in [2.24, 2.45) is 4.99 Å². The Labute approximate surface area is 168 Å². The molecule has 1 aromatic heterocycles. The van der Waals surface area contributed by atoms with Crippen molar-refractivity contribution >= 4 is 41.3 Å². The van der Waals surface area contributed by atoms with Gasteiger partial charge < -0.3 is 10.6 Å². The highest BCUT2D eigenvalue weighted by Crippen LogP contribution is 2.17. The molecule has 0 saturated heterocycles. The Morgan fingerprint density at radius 1 is 1.20 bits per heavy atom. The van der Waals surface area contributed by atoms with Gasteiger partial charge in [-0.15, -0.1) is 35.3 Å². The van der Waals surface area contributed by atoms with Gasteiger partial charge in [0.1, 0.15) is 16.6 Å². The molecule has 0 radical (unpaired) electrons. The second-order valence-corrected chi connectivity index (χ2v) is 6.64. The van der Waals surface area contributed by atoms with E-state index in [1.807, 2.05) is 0 Å². The second kappa shape index (κ2) is 10.6. The number of rotatable bonds is 6. The van der Waals surface area contributed by atoms with Gasteiger partial charge in [-0.25, -0.2) is 13.8 Å². The summed E-state index contributed by atoms with van der Waals surface area (Å²) >= 11 is 1.61. The smallest absolute Gasteiger partial charge is 0.191 e. The minimum absolute atomic E-state index is 0. The number of aromatic nitrogens is 1. The van der Waals surface area contributed by atoms with E-state index < -0.39 is 11.6 Å². The van der Waals surface area contributed by atoms with Gasteiger partial charge in [-0.1, -0.05) is 13.8 Å². The maximum atomic E-state index is 13.1. The first-order chi connectivity index (χ1) is 11.5. The predicted octanol–water partition coefficient (Wildman–Crippen LogP) is 4.07. The van der Waals surface area contributed by atoms with E-state index in [9.17, 15) is 8.78 Å². The highest BCUT2D eigenvalue weighted by Gasteiger charge is 2.06. The van der Waals surface area contributed by atoms with Crippen LogP contribution in [0.1, 0.15) is 36.0 Å². The maximum absolute atomic E-state index is 13.1. The van der Waals surface area contributed by atoms with E-state index in [0.717, 1.165) is 16.8 Å². The zero-order valence-electron chi connectivity index (χ0n) is 14.5. The number of aliphatic imine (C=N–C) groups is 1. The molecule has 1 heterocycles. The summed E-state index contributed by atoms with van der Waals surface area (Å²) in [5.74, 6) is -0.0678. The molecule has 0 atom stereocenters. The Morgan fingerprint density at radius 2 is 1.88 bits per heavy atom. The molecule has 0 bridgehead atoms. The minimum atomic E-state index is -0.558. The molecule has 1 aromatic carbocycles. The number of halogens is 3. The molecule has 0 aliphatic heterocycles. The van der Waals surface area contributed by atoms with Gasteiger partial charge >= 0.3 is 0 Å². The van der Waals surface area contributed by atoms with E-state index in [0.29, 0.717) is 37.0 Å². The number of benzene rings is 1. The number of nitrogens with zero attached hydrogens (tertiary/aromatic N) is 2. The zero-order valence-corrected chi connectivity index (χ0v) is 17.6. The molecular formula is C17H23F2IN4S. The summed E-state index contributed by atoms with van der Waals surface area (Å²) in [6, 6.07) is 3.55. The van der Waals surface area contributed by atoms with Gasteiger partial charge in [0.25, 0.3) is 0 Å². The minimum Gasteiger partial charge on any atom is -0.356 e. The zero-order chi connectivity index (χ0) is 17.5. The highest BCUT2D eigenvalue weighted by atomic mass is 127. The predicted molar refractivity (Wildman–Crippen MR) is 110 cm³/mol. The molecule has 0 unspecified atom stereocenters. The lowest BCUT2D eigenvalue weighted by atomic mass is 10.1. The fourth-order valence-electron chi connectivity index (χ4n) is 2.13. The van der Waals surface area contributed by atoms with Gasteiger partial charge in [-0.2, -0.15) is 0 Å². The summed E-state index contributed by atoms with van der Waals surface area (Å²) in [5.41, 5.74) is 1.70. The summed E-state index contributed by atoms with van der Waals surface area (Å²) in [6.07, 6.45) is 0.504. The number of hydrogen-bond donors (Lipinski definition) is 2. The molecule has 0 spiro atoms. The highest BCUT2D eigenvalue weighted by molar-refractivity contribution is 14.0. The van der Waals surface area contributed by atoms with Gasteiger partial charge in [0.15, 0.2) is 5.96 Å². The third-order valence-electron chi connectivity index (χ3n) is 3.42. The van der Waals surface area contributed by atoms with Crippen molar-refractivity contribution in [1.82, 2.24) is 15.6 Å². The fraction of sp³-hybridized carbons (Fsp3) is 0.412. The van der Waals surface area contributed by atoms with Crippen LogP contribution in [0.4, 0.5) is 8.78 Å².